The molecule has 2 aromatic carbocycles. The van der Waals surface area contributed by atoms with Crippen LogP contribution in [0.25, 0.3) is 5.69 Å². The van der Waals surface area contributed by atoms with E-state index in [2.05, 4.69) is 22.5 Å². The lowest BCUT2D eigenvalue weighted by atomic mass is 10.1. The zero-order chi connectivity index (χ0) is 18.1. The van der Waals surface area contributed by atoms with Crippen LogP contribution in [0.3, 0.4) is 0 Å². The summed E-state index contributed by atoms with van der Waals surface area (Å²) in [7, 11) is 0. The Morgan fingerprint density at radius 2 is 1.85 bits per heavy atom. The predicted octanol–water partition coefficient (Wildman–Crippen LogP) is 4.16. The third-order valence-electron chi connectivity index (χ3n) is 5.16. The summed E-state index contributed by atoms with van der Waals surface area (Å²) in [5.41, 5.74) is 7.59. The van der Waals surface area contributed by atoms with Crippen LogP contribution in [0.1, 0.15) is 34.5 Å². The smallest absolute Gasteiger partial charge is 0.228 e. The van der Waals surface area contributed by atoms with E-state index < -0.39 is 0 Å². The molecule has 4 nitrogen and oxygen atoms in total. The monoisotopic (exact) mass is 345 g/mol. The topological polar surface area (TPSA) is 46.9 Å². The van der Waals surface area contributed by atoms with Gasteiger partial charge in [-0.15, -0.1) is 0 Å². The van der Waals surface area contributed by atoms with Crippen molar-refractivity contribution in [2.75, 3.05) is 5.32 Å². The molecule has 1 aromatic heterocycles. The molecule has 0 saturated heterocycles. The fourth-order valence-corrected chi connectivity index (χ4v) is 3.77. The van der Waals surface area contributed by atoms with Gasteiger partial charge in [0, 0.05) is 16.9 Å². The van der Waals surface area contributed by atoms with Crippen LogP contribution in [-0.2, 0) is 24.1 Å². The summed E-state index contributed by atoms with van der Waals surface area (Å²) < 4.78 is 1.91. The van der Waals surface area contributed by atoms with Gasteiger partial charge < -0.3 is 5.32 Å². The van der Waals surface area contributed by atoms with Gasteiger partial charge in [-0.25, -0.2) is 4.68 Å². The summed E-state index contributed by atoms with van der Waals surface area (Å²) >= 11 is 0. The van der Waals surface area contributed by atoms with Crippen LogP contribution in [0.15, 0.2) is 48.5 Å². The van der Waals surface area contributed by atoms with Crippen LogP contribution >= 0.6 is 0 Å². The van der Waals surface area contributed by atoms with E-state index in [1.165, 1.54) is 17.5 Å². The molecule has 0 atom stereocenters. The number of hydrogen-bond donors (Lipinski definition) is 1. The van der Waals surface area contributed by atoms with E-state index in [4.69, 9.17) is 0 Å². The number of nitrogens with zero attached hydrogens (tertiary/aromatic N) is 2. The van der Waals surface area contributed by atoms with Crippen LogP contribution < -0.4 is 5.32 Å². The second kappa shape index (κ2) is 6.79. The lowest BCUT2D eigenvalue weighted by Gasteiger charge is -2.08. The number of hydrogen-bond acceptors (Lipinski definition) is 2. The SMILES string of the molecule is Cc1nn(-c2ccccc2)c(C)c1CC(=O)Nc1ccc2c(c1)CCC2. The van der Waals surface area contributed by atoms with Gasteiger partial charge in [-0.05, 0) is 68.5 Å². The van der Waals surface area contributed by atoms with Crippen molar-refractivity contribution in [2.24, 2.45) is 0 Å². The van der Waals surface area contributed by atoms with Gasteiger partial charge >= 0.3 is 0 Å². The van der Waals surface area contributed by atoms with Crippen molar-refractivity contribution in [1.29, 1.82) is 0 Å². The minimum absolute atomic E-state index is 0.00163. The number of para-hydroxylation sites is 1. The van der Waals surface area contributed by atoms with E-state index in [1.807, 2.05) is 54.9 Å². The third-order valence-corrected chi connectivity index (χ3v) is 5.16. The highest BCUT2D eigenvalue weighted by atomic mass is 16.1. The van der Waals surface area contributed by atoms with E-state index in [9.17, 15) is 4.79 Å². The number of nitrogens with one attached hydrogen (secondary N) is 1. The minimum Gasteiger partial charge on any atom is -0.326 e. The molecule has 0 aliphatic heterocycles. The molecular formula is C22H23N3O. The second-order valence-corrected chi connectivity index (χ2v) is 6.96. The van der Waals surface area contributed by atoms with Crippen LogP contribution in [0, 0.1) is 13.8 Å². The number of anilines is 1. The number of amides is 1. The first-order valence-corrected chi connectivity index (χ1v) is 9.14. The molecule has 3 aromatic rings. The number of fused-ring (bicyclic) bond motifs is 1. The first kappa shape index (κ1) is 16.6. The molecule has 26 heavy (non-hydrogen) atoms. The van der Waals surface area contributed by atoms with Crippen LogP contribution in [0.4, 0.5) is 5.69 Å². The lowest BCUT2D eigenvalue weighted by molar-refractivity contribution is -0.115. The molecule has 0 radical (unpaired) electrons. The molecule has 1 aliphatic rings. The highest BCUT2D eigenvalue weighted by Crippen LogP contribution is 2.25. The van der Waals surface area contributed by atoms with Gasteiger partial charge in [-0.2, -0.15) is 5.10 Å². The van der Waals surface area contributed by atoms with Crippen LogP contribution in [-0.4, -0.2) is 15.7 Å². The highest BCUT2D eigenvalue weighted by Gasteiger charge is 2.17. The van der Waals surface area contributed by atoms with E-state index >= 15 is 0 Å². The van der Waals surface area contributed by atoms with Gasteiger partial charge in [-0.1, -0.05) is 24.3 Å². The molecule has 1 amide bonds. The minimum atomic E-state index is 0.00163. The summed E-state index contributed by atoms with van der Waals surface area (Å²) in [5, 5.41) is 7.67. The molecular weight excluding hydrogens is 322 g/mol. The van der Waals surface area contributed by atoms with Crippen molar-refractivity contribution in [3.8, 4) is 5.69 Å². The second-order valence-electron chi connectivity index (χ2n) is 6.96. The summed E-state index contributed by atoms with van der Waals surface area (Å²) in [6, 6.07) is 16.3. The average molecular weight is 345 g/mol. The Labute approximate surface area is 153 Å². The van der Waals surface area contributed by atoms with Crippen molar-refractivity contribution in [3.63, 3.8) is 0 Å². The molecule has 132 valence electrons. The fraction of sp³-hybridized carbons (Fsp3) is 0.273. The molecule has 0 spiro atoms. The summed E-state index contributed by atoms with van der Waals surface area (Å²) in [6.45, 7) is 3.98. The number of aromatic nitrogens is 2. The molecule has 0 bridgehead atoms. The fourth-order valence-electron chi connectivity index (χ4n) is 3.77. The van der Waals surface area contributed by atoms with Gasteiger partial charge in [-0.3, -0.25) is 4.79 Å². The van der Waals surface area contributed by atoms with Gasteiger partial charge in [0.1, 0.15) is 0 Å². The van der Waals surface area contributed by atoms with Gasteiger partial charge in [0.05, 0.1) is 17.8 Å². The Morgan fingerprint density at radius 3 is 2.65 bits per heavy atom. The zero-order valence-electron chi connectivity index (χ0n) is 15.2. The van der Waals surface area contributed by atoms with Crippen LogP contribution in [0.5, 0.6) is 0 Å². The Bertz CT molecular complexity index is 957. The first-order valence-electron chi connectivity index (χ1n) is 9.14. The van der Waals surface area contributed by atoms with Crippen molar-refractivity contribution < 1.29 is 4.79 Å². The molecule has 1 N–H and O–H groups in total. The third kappa shape index (κ3) is 3.15. The number of carbonyl (C=O) groups is 1. The first-order chi connectivity index (χ1) is 12.6. The maximum atomic E-state index is 12.6. The predicted molar refractivity (Wildman–Crippen MR) is 104 cm³/mol. The summed E-state index contributed by atoms with van der Waals surface area (Å²) in [5.74, 6) is 0.00163. The number of benzene rings is 2. The van der Waals surface area contributed by atoms with Gasteiger partial charge in [0.25, 0.3) is 0 Å². The van der Waals surface area contributed by atoms with Crippen molar-refractivity contribution in [1.82, 2.24) is 9.78 Å². The lowest BCUT2D eigenvalue weighted by Crippen LogP contribution is -2.15. The maximum absolute atomic E-state index is 12.6. The molecule has 0 fully saturated rings. The Hall–Kier alpha value is -2.88. The van der Waals surface area contributed by atoms with E-state index in [0.717, 1.165) is 41.2 Å². The highest BCUT2D eigenvalue weighted by molar-refractivity contribution is 5.92. The molecule has 0 unspecified atom stereocenters. The molecule has 4 rings (SSSR count). The van der Waals surface area contributed by atoms with E-state index in [0.29, 0.717) is 6.42 Å². The zero-order valence-corrected chi connectivity index (χ0v) is 15.2. The van der Waals surface area contributed by atoms with E-state index in [1.54, 1.807) is 0 Å². The summed E-state index contributed by atoms with van der Waals surface area (Å²) in [4.78, 5) is 12.6. The maximum Gasteiger partial charge on any atom is 0.228 e. The van der Waals surface area contributed by atoms with Gasteiger partial charge in [0.2, 0.25) is 5.91 Å². The standard InChI is InChI=1S/C22H23N3O/c1-15-21(16(2)25(24-15)20-9-4-3-5-10-20)14-22(26)23-19-12-11-17-7-6-8-18(17)13-19/h3-5,9-13H,6-8,14H2,1-2H3,(H,23,26). The van der Waals surface area contributed by atoms with Crippen molar-refractivity contribution in [2.45, 2.75) is 39.5 Å². The Morgan fingerprint density at radius 1 is 1.08 bits per heavy atom. The Kier molecular flexibility index (Phi) is 4.33. The number of rotatable bonds is 4. The normalized spacial score (nSPS) is 12.8. The largest absolute Gasteiger partial charge is 0.326 e. The number of carbonyl (C=O) groups excluding carboxylic acids is 1. The molecule has 1 aliphatic carbocycles. The average Bonchev–Trinajstić information content (AvgIpc) is 3.21. The number of aryl methyl sites for hydroxylation is 3. The van der Waals surface area contributed by atoms with Crippen molar-refractivity contribution >= 4 is 11.6 Å². The van der Waals surface area contributed by atoms with Crippen LogP contribution in [0.2, 0.25) is 0 Å². The molecule has 4 heteroatoms. The quantitative estimate of drug-likeness (QED) is 0.772. The van der Waals surface area contributed by atoms with Crippen molar-refractivity contribution in [3.05, 3.63) is 76.6 Å². The Balaban J connectivity index is 1.52. The van der Waals surface area contributed by atoms with Gasteiger partial charge in [0.15, 0.2) is 0 Å². The molecule has 0 saturated carbocycles. The molecule has 1 heterocycles. The summed E-state index contributed by atoms with van der Waals surface area (Å²) in [6.07, 6.45) is 3.81. The van der Waals surface area contributed by atoms with E-state index in [-0.39, 0.29) is 5.91 Å².